The number of hydrogen-bond donors (Lipinski definition) is 0. The Morgan fingerprint density at radius 2 is 1.39 bits per heavy atom. The minimum Gasteiger partial charge on any atom is -0.364 e. The van der Waals surface area contributed by atoms with Gasteiger partial charge in [0.1, 0.15) is 0 Å². The van der Waals surface area contributed by atoms with E-state index in [0.717, 1.165) is 26.2 Å². The van der Waals surface area contributed by atoms with Crippen LogP contribution in [0.1, 0.15) is 20.8 Å². The molecule has 2 fully saturated rings. The highest BCUT2D eigenvalue weighted by Gasteiger charge is 2.42. The summed E-state index contributed by atoms with van der Waals surface area (Å²) in [7, 11) is 0. The molecule has 0 atom stereocenters. The Labute approximate surface area is 107 Å². The number of carbonyl (C=O) groups is 2. The van der Waals surface area contributed by atoms with Gasteiger partial charge < -0.3 is 9.80 Å². The summed E-state index contributed by atoms with van der Waals surface area (Å²) in [6.07, 6.45) is 0. The van der Waals surface area contributed by atoms with Crippen molar-refractivity contribution in [3.63, 3.8) is 0 Å². The van der Waals surface area contributed by atoms with E-state index in [0.29, 0.717) is 22.5 Å². The van der Waals surface area contributed by atoms with E-state index >= 15 is 0 Å². The SMILES string of the molecule is CC1=C(N2CC2)C(=O)C(C(C)C)=C(N2CC2)C1=O. The zero-order chi connectivity index (χ0) is 13.0. The Morgan fingerprint density at radius 1 is 0.889 bits per heavy atom. The van der Waals surface area contributed by atoms with Crippen LogP contribution in [0.15, 0.2) is 22.5 Å². The molecule has 0 amide bonds. The van der Waals surface area contributed by atoms with Gasteiger partial charge in [-0.1, -0.05) is 13.8 Å². The molecule has 2 aliphatic heterocycles. The van der Waals surface area contributed by atoms with Gasteiger partial charge in [0.2, 0.25) is 11.6 Å². The van der Waals surface area contributed by atoms with Gasteiger partial charge in [-0.25, -0.2) is 0 Å². The molecule has 96 valence electrons. The van der Waals surface area contributed by atoms with Gasteiger partial charge >= 0.3 is 0 Å². The monoisotopic (exact) mass is 246 g/mol. The van der Waals surface area contributed by atoms with Gasteiger partial charge in [0, 0.05) is 37.3 Å². The van der Waals surface area contributed by atoms with Gasteiger partial charge in [0.25, 0.3) is 0 Å². The van der Waals surface area contributed by atoms with Crippen LogP contribution >= 0.6 is 0 Å². The lowest BCUT2D eigenvalue weighted by Crippen LogP contribution is -2.31. The molecule has 0 spiro atoms. The number of nitrogens with zero attached hydrogens (tertiary/aromatic N) is 2. The van der Waals surface area contributed by atoms with Crippen LogP contribution in [0.25, 0.3) is 0 Å². The van der Waals surface area contributed by atoms with Gasteiger partial charge in [0.15, 0.2) is 0 Å². The second kappa shape index (κ2) is 3.70. The first-order chi connectivity index (χ1) is 8.52. The summed E-state index contributed by atoms with van der Waals surface area (Å²) in [5.74, 6) is 0.222. The van der Waals surface area contributed by atoms with Crippen molar-refractivity contribution in [1.29, 1.82) is 0 Å². The minimum absolute atomic E-state index is 0.0534. The maximum absolute atomic E-state index is 12.6. The van der Waals surface area contributed by atoms with Crippen LogP contribution < -0.4 is 0 Å². The number of allylic oxidation sites excluding steroid dienone is 2. The van der Waals surface area contributed by atoms with Crippen molar-refractivity contribution in [2.75, 3.05) is 26.2 Å². The molecule has 0 unspecified atom stereocenters. The maximum Gasteiger partial charge on any atom is 0.207 e. The summed E-state index contributed by atoms with van der Waals surface area (Å²) in [6.45, 7) is 9.36. The lowest BCUT2D eigenvalue weighted by molar-refractivity contribution is -0.118. The zero-order valence-electron chi connectivity index (χ0n) is 11.1. The Hall–Kier alpha value is -1.58. The first-order valence-electron chi connectivity index (χ1n) is 6.56. The Balaban J connectivity index is 2.10. The number of ketones is 2. The average Bonchev–Trinajstić information content (AvgIpc) is 3.13. The molecule has 0 radical (unpaired) electrons. The fraction of sp³-hybridized carbons (Fsp3) is 0.571. The number of rotatable bonds is 3. The van der Waals surface area contributed by atoms with E-state index in [2.05, 4.69) is 0 Å². The third kappa shape index (κ3) is 1.59. The molecule has 4 nitrogen and oxygen atoms in total. The molecule has 18 heavy (non-hydrogen) atoms. The van der Waals surface area contributed by atoms with E-state index in [4.69, 9.17) is 0 Å². The zero-order valence-corrected chi connectivity index (χ0v) is 11.1. The van der Waals surface area contributed by atoms with Crippen molar-refractivity contribution in [1.82, 2.24) is 9.80 Å². The number of hydrogen-bond acceptors (Lipinski definition) is 4. The summed E-state index contributed by atoms with van der Waals surface area (Å²) in [5, 5.41) is 0. The Morgan fingerprint density at radius 3 is 1.83 bits per heavy atom. The molecule has 0 aromatic carbocycles. The Kier molecular flexibility index (Phi) is 2.37. The molecular weight excluding hydrogens is 228 g/mol. The van der Waals surface area contributed by atoms with E-state index in [1.54, 1.807) is 6.92 Å². The van der Waals surface area contributed by atoms with Gasteiger partial charge in [-0.15, -0.1) is 0 Å². The topological polar surface area (TPSA) is 40.2 Å². The predicted molar refractivity (Wildman–Crippen MR) is 67.7 cm³/mol. The molecular formula is C14H18N2O2. The quantitative estimate of drug-likeness (QED) is 0.549. The van der Waals surface area contributed by atoms with Crippen LogP contribution in [0, 0.1) is 5.92 Å². The summed E-state index contributed by atoms with van der Waals surface area (Å²) in [5.41, 5.74) is 2.65. The summed E-state index contributed by atoms with van der Waals surface area (Å²) in [4.78, 5) is 29.1. The highest BCUT2D eigenvalue weighted by Crippen LogP contribution is 2.36. The van der Waals surface area contributed by atoms with Crippen LogP contribution in [0.2, 0.25) is 0 Å². The van der Waals surface area contributed by atoms with Gasteiger partial charge in [0.05, 0.1) is 11.4 Å². The van der Waals surface area contributed by atoms with Crippen molar-refractivity contribution in [2.24, 2.45) is 5.92 Å². The van der Waals surface area contributed by atoms with Gasteiger partial charge in [-0.2, -0.15) is 0 Å². The molecule has 2 heterocycles. The summed E-state index contributed by atoms with van der Waals surface area (Å²) >= 11 is 0. The van der Waals surface area contributed by atoms with Crippen molar-refractivity contribution in [2.45, 2.75) is 20.8 Å². The largest absolute Gasteiger partial charge is 0.364 e. The highest BCUT2D eigenvalue weighted by molar-refractivity contribution is 6.24. The normalized spacial score (nSPS) is 23.6. The average molecular weight is 246 g/mol. The first-order valence-corrected chi connectivity index (χ1v) is 6.56. The van der Waals surface area contributed by atoms with E-state index in [1.165, 1.54) is 0 Å². The smallest absolute Gasteiger partial charge is 0.207 e. The molecule has 0 aromatic heterocycles. The summed E-state index contributed by atoms with van der Waals surface area (Å²) < 4.78 is 0. The number of Topliss-reactive ketones (excluding diaryl/α,β-unsaturated/α-hetero) is 2. The van der Waals surface area contributed by atoms with Gasteiger partial charge in [-0.3, -0.25) is 9.59 Å². The van der Waals surface area contributed by atoms with Gasteiger partial charge in [-0.05, 0) is 12.8 Å². The molecule has 0 bridgehead atoms. The van der Waals surface area contributed by atoms with E-state index < -0.39 is 0 Å². The van der Waals surface area contributed by atoms with Crippen LogP contribution in [-0.4, -0.2) is 47.5 Å². The molecule has 0 saturated carbocycles. The lowest BCUT2D eigenvalue weighted by atomic mass is 9.85. The van der Waals surface area contributed by atoms with Crippen molar-refractivity contribution in [3.05, 3.63) is 22.5 Å². The molecule has 4 heteroatoms. The van der Waals surface area contributed by atoms with Crippen LogP contribution in [0.3, 0.4) is 0 Å². The second-order valence-electron chi connectivity index (χ2n) is 5.52. The first kappa shape index (κ1) is 11.5. The minimum atomic E-state index is 0.0534. The van der Waals surface area contributed by atoms with Crippen molar-refractivity contribution >= 4 is 11.6 Å². The van der Waals surface area contributed by atoms with Crippen molar-refractivity contribution in [3.8, 4) is 0 Å². The molecule has 0 N–H and O–H groups in total. The van der Waals surface area contributed by atoms with E-state index in [-0.39, 0.29) is 17.5 Å². The highest BCUT2D eigenvalue weighted by atomic mass is 16.1. The van der Waals surface area contributed by atoms with Crippen molar-refractivity contribution < 1.29 is 9.59 Å². The third-order valence-electron chi connectivity index (χ3n) is 3.73. The predicted octanol–water partition coefficient (Wildman–Crippen LogP) is 0.954. The molecule has 3 aliphatic rings. The molecule has 1 aliphatic carbocycles. The fourth-order valence-electron chi connectivity index (χ4n) is 2.59. The van der Waals surface area contributed by atoms with E-state index in [9.17, 15) is 9.59 Å². The van der Waals surface area contributed by atoms with Crippen LogP contribution in [0.4, 0.5) is 0 Å². The molecule has 0 aromatic rings. The Bertz CT molecular complexity index is 506. The standard InChI is InChI=1S/C14H18N2O2/c1-8(2)10-12(16-6-7-16)13(17)9(3)11(14(10)18)15-4-5-15/h8H,4-7H2,1-3H3. The molecule has 2 saturated heterocycles. The van der Waals surface area contributed by atoms with E-state index in [1.807, 2.05) is 23.6 Å². The second-order valence-corrected chi connectivity index (χ2v) is 5.52. The maximum atomic E-state index is 12.6. The van der Waals surface area contributed by atoms with Crippen LogP contribution in [0.5, 0.6) is 0 Å². The third-order valence-corrected chi connectivity index (χ3v) is 3.73. The number of carbonyl (C=O) groups excluding carboxylic acids is 2. The fourth-order valence-corrected chi connectivity index (χ4v) is 2.59. The molecule has 3 rings (SSSR count). The van der Waals surface area contributed by atoms with Crippen LogP contribution in [-0.2, 0) is 9.59 Å². The summed E-state index contributed by atoms with van der Waals surface area (Å²) in [6, 6.07) is 0. The lowest BCUT2D eigenvalue weighted by Gasteiger charge is -2.25.